The first-order valence-electron chi connectivity index (χ1n) is 6.26. The second kappa shape index (κ2) is 4.54. The lowest BCUT2D eigenvalue weighted by Crippen LogP contribution is -2.27. The van der Waals surface area contributed by atoms with E-state index in [9.17, 15) is 4.79 Å². The molecule has 0 radical (unpaired) electrons. The number of carbonyl (C=O) groups is 1. The fourth-order valence-electron chi connectivity index (χ4n) is 1.79. The highest BCUT2D eigenvalue weighted by Gasteiger charge is 2.34. The van der Waals surface area contributed by atoms with Crippen LogP contribution in [0.4, 0.5) is 0 Å². The van der Waals surface area contributed by atoms with E-state index >= 15 is 0 Å². The van der Waals surface area contributed by atoms with Gasteiger partial charge in [0.05, 0.1) is 0 Å². The Hall–Kier alpha value is -1.09. The minimum atomic E-state index is -0.118. The average molecular weight is 267 g/mol. The van der Waals surface area contributed by atoms with Crippen molar-refractivity contribution in [3.63, 3.8) is 0 Å². The molecule has 0 spiro atoms. The van der Waals surface area contributed by atoms with Gasteiger partial charge in [0.15, 0.2) is 0 Å². The summed E-state index contributed by atoms with van der Waals surface area (Å²) in [6.45, 7) is 8.29. The molecule has 18 heavy (non-hydrogen) atoms. The Morgan fingerprint density at radius 3 is 2.56 bits per heavy atom. The topological polar surface area (TPSA) is 42.0 Å². The van der Waals surface area contributed by atoms with Crippen molar-refractivity contribution in [2.24, 2.45) is 5.92 Å². The molecule has 4 heteroatoms. The number of aromatic nitrogens is 1. The smallest absolute Gasteiger partial charge is 0.251 e. The van der Waals surface area contributed by atoms with Gasteiger partial charge < -0.3 is 5.32 Å². The Balaban J connectivity index is 2.22. The maximum absolute atomic E-state index is 12.1. The van der Waals surface area contributed by atoms with Crippen LogP contribution < -0.4 is 5.32 Å². The van der Waals surface area contributed by atoms with E-state index in [-0.39, 0.29) is 11.3 Å². The third-order valence-electron chi connectivity index (χ3n) is 3.25. The van der Waals surface area contributed by atoms with E-state index in [1.54, 1.807) is 6.07 Å². The number of carbonyl (C=O) groups excluding carboxylic acids is 1. The number of hydrogen-bond acceptors (Lipinski definition) is 2. The number of hydrogen-bond donors (Lipinski definition) is 1. The van der Waals surface area contributed by atoms with E-state index in [2.05, 4.69) is 38.0 Å². The summed E-state index contributed by atoms with van der Waals surface area (Å²) in [4.78, 5) is 16.4. The first-order valence-corrected chi connectivity index (χ1v) is 6.64. The van der Waals surface area contributed by atoms with E-state index in [0.29, 0.717) is 22.7 Å². The molecule has 1 aromatic rings. The Kier molecular flexibility index (Phi) is 3.37. The molecule has 0 aromatic carbocycles. The molecule has 1 fully saturated rings. The first-order chi connectivity index (χ1) is 8.27. The summed E-state index contributed by atoms with van der Waals surface area (Å²) in [5.41, 5.74) is 1.32. The minimum Gasteiger partial charge on any atom is -0.349 e. The van der Waals surface area contributed by atoms with Gasteiger partial charge in [-0.15, -0.1) is 0 Å². The van der Waals surface area contributed by atoms with E-state index in [1.807, 2.05) is 6.07 Å². The molecule has 3 nitrogen and oxygen atoms in total. The molecular formula is C14H19ClN2O. The molecule has 1 heterocycles. The molecule has 2 atom stereocenters. The molecule has 1 amide bonds. The summed E-state index contributed by atoms with van der Waals surface area (Å²) in [6, 6.07) is 3.77. The fourth-order valence-corrected chi connectivity index (χ4v) is 2.00. The number of nitrogens with zero attached hydrogens (tertiary/aromatic N) is 1. The molecule has 0 saturated heterocycles. The van der Waals surface area contributed by atoms with Crippen LogP contribution >= 0.6 is 11.6 Å². The minimum absolute atomic E-state index is 0.0563. The van der Waals surface area contributed by atoms with E-state index in [4.69, 9.17) is 11.6 Å². The van der Waals surface area contributed by atoms with Gasteiger partial charge in [0, 0.05) is 22.7 Å². The molecule has 2 unspecified atom stereocenters. The quantitative estimate of drug-likeness (QED) is 0.836. The highest BCUT2D eigenvalue weighted by Crippen LogP contribution is 2.29. The monoisotopic (exact) mass is 266 g/mol. The maximum Gasteiger partial charge on any atom is 0.251 e. The summed E-state index contributed by atoms with van der Waals surface area (Å²) in [5, 5.41) is 3.37. The molecule has 0 aliphatic heterocycles. The highest BCUT2D eigenvalue weighted by atomic mass is 35.5. The summed E-state index contributed by atoms with van der Waals surface area (Å²) in [6.07, 6.45) is 1.07. The molecule has 1 N–H and O–H groups in total. The highest BCUT2D eigenvalue weighted by molar-refractivity contribution is 6.29. The van der Waals surface area contributed by atoms with Crippen LogP contribution in [0, 0.1) is 5.92 Å². The van der Waals surface area contributed by atoms with Crippen molar-refractivity contribution >= 4 is 17.5 Å². The van der Waals surface area contributed by atoms with Crippen molar-refractivity contribution in [1.82, 2.24) is 10.3 Å². The zero-order valence-corrected chi connectivity index (χ0v) is 12.0. The van der Waals surface area contributed by atoms with Crippen molar-refractivity contribution < 1.29 is 4.79 Å². The first kappa shape index (κ1) is 13.3. The molecule has 1 aliphatic rings. The van der Waals surface area contributed by atoms with Crippen LogP contribution in [0.15, 0.2) is 12.1 Å². The molecule has 0 bridgehead atoms. The summed E-state index contributed by atoms with van der Waals surface area (Å²) in [5.74, 6) is 0.535. The van der Waals surface area contributed by atoms with Crippen LogP contribution in [-0.4, -0.2) is 16.9 Å². The SMILES string of the molecule is CC1CC1NC(=O)c1cc(Cl)nc(C(C)(C)C)c1. The molecule has 2 rings (SSSR count). The normalized spacial score (nSPS) is 22.7. The van der Waals surface area contributed by atoms with Gasteiger partial charge in [0.25, 0.3) is 5.91 Å². The Morgan fingerprint density at radius 2 is 2.06 bits per heavy atom. The predicted octanol–water partition coefficient (Wildman–Crippen LogP) is 3.17. The lowest BCUT2D eigenvalue weighted by molar-refractivity contribution is 0.0949. The van der Waals surface area contributed by atoms with Crippen molar-refractivity contribution in [3.05, 3.63) is 28.5 Å². The van der Waals surface area contributed by atoms with Gasteiger partial charge in [0.1, 0.15) is 5.15 Å². The molecule has 98 valence electrons. The van der Waals surface area contributed by atoms with Crippen molar-refractivity contribution in [2.75, 3.05) is 0 Å². The zero-order chi connectivity index (χ0) is 13.5. The number of pyridine rings is 1. The van der Waals surface area contributed by atoms with E-state index in [0.717, 1.165) is 12.1 Å². The van der Waals surface area contributed by atoms with Crippen LogP contribution in [0.2, 0.25) is 5.15 Å². The number of halogens is 1. The third kappa shape index (κ3) is 3.02. The van der Waals surface area contributed by atoms with Crippen LogP contribution in [-0.2, 0) is 5.41 Å². The Bertz CT molecular complexity index is 479. The molecule has 1 aromatic heterocycles. The van der Waals surface area contributed by atoms with Gasteiger partial charge in [0.2, 0.25) is 0 Å². The lowest BCUT2D eigenvalue weighted by Gasteiger charge is -2.18. The maximum atomic E-state index is 12.1. The summed E-state index contributed by atoms with van der Waals surface area (Å²) < 4.78 is 0. The average Bonchev–Trinajstić information content (AvgIpc) is 2.92. The number of rotatable bonds is 2. The summed E-state index contributed by atoms with van der Waals surface area (Å²) in [7, 11) is 0. The van der Waals surface area contributed by atoms with Gasteiger partial charge in [-0.25, -0.2) is 4.98 Å². The summed E-state index contributed by atoms with van der Waals surface area (Å²) >= 11 is 5.99. The van der Waals surface area contributed by atoms with Gasteiger partial charge in [-0.1, -0.05) is 39.3 Å². The van der Waals surface area contributed by atoms with E-state index < -0.39 is 0 Å². The van der Waals surface area contributed by atoms with Crippen molar-refractivity contribution in [3.8, 4) is 0 Å². The molecule has 1 aliphatic carbocycles. The molecular weight excluding hydrogens is 248 g/mol. The fraction of sp³-hybridized carbons (Fsp3) is 0.571. The van der Waals surface area contributed by atoms with Crippen LogP contribution in [0.1, 0.15) is 50.2 Å². The standard InChI is InChI=1S/C14H19ClN2O/c1-8-5-10(8)16-13(18)9-6-11(14(2,3)4)17-12(15)7-9/h6-8,10H,5H2,1-4H3,(H,16,18). The van der Waals surface area contributed by atoms with Gasteiger partial charge >= 0.3 is 0 Å². The second-order valence-corrected chi connectivity index (χ2v) is 6.49. The van der Waals surface area contributed by atoms with Gasteiger partial charge in [-0.2, -0.15) is 0 Å². The van der Waals surface area contributed by atoms with Crippen LogP contribution in [0.5, 0.6) is 0 Å². The predicted molar refractivity (Wildman–Crippen MR) is 73.0 cm³/mol. The molecule has 1 saturated carbocycles. The Labute approximate surface area is 113 Å². The largest absolute Gasteiger partial charge is 0.349 e. The number of amides is 1. The third-order valence-corrected chi connectivity index (χ3v) is 3.44. The zero-order valence-electron chi connectivity index (χ0n) is 11.2. The van der Waals surface area contributed by atoms with Crippen LogP contribution in [0.25, 0.3) is 0 Å². The van der Waals surface area contributed by atoms with Gasteiger partial charge in [-0.3, -0.25) is 4.79 Å². The van der Waals surface area contributed by atoms with E-state index in [1.165, 1.54) is 0 Å². The lowest BCUT2D eigenvalue weighted by atomic mass is 9.91. The van der Waals surface area contributed by atoms with Crippen molar-refractivity contribution in [2.45, 2.75) is 45.6 Å². The second-order valence-electron chi connectivity index (χ2n) is 6.11. The van der Waals surface area contributed by atoms with Crippen LogP contribution in [0.3, 0.4) is 0 Å². The van der Waals surface area contributed by atoms with Gasteiger partial charge in [-0.05, 0) is 24.5 Å². The number of nitrogens with one attached hydrogen (secondary N) is 1. The Morgan fingerprint density at radius 1 is 1.44 bits per heavy atom. The van der Waals surface area contributed by atoms with Crippen molar-refractivity contribution in [1.29, 1.82) is 0 Å².